The molecule has 12 heteroatoms. The third-order valence-electron chi connectivity index (χ3n) is 4.12. The summed E-state index contributed by atoms with van der Waals surface area (Å²) in [6.07, 6.45) is -0.925. The quantitative estimate of drug-likeness (QED) is 0.513. The first-order valence-electron chi connectivity index (χ1n) is 8.46. The first-order chi connectivity index (χ1) is 14.3. The number of aromatic amines is 1. The molecule has 1 aromatic carbocycles. The number of primary amides is 1. The van der Waals surface area contributed by atoms with E-state index in [2.05, 4.69) is 25.0 Å². The Hall–Kier alpha value is -4.09. The number of halogens is 3. The van der Waals surface area contributed by atoms with Crippen molar-refractivity contribution in [2.45, 2.75) is 13.0 Å². The second-order valence-corrected chi connectivity index (χ2v) is 6.05. The smallest absolute Gasteiger partial charge is 0.443 e. The Morgan fingerprint density at radius 3 is 2.60 bits per heavy atom. The molecule has 3 aromatic heterocycles. The molecule has 0 aliphatic carbocycles. The van der Waals surface area contributed by atoms with E-state index in [0.29, 0.717) is 22.4 Å². The summed E-state index contributed by atoms with van der Waals surface area (Å²) in [6, 6.07) is 6.87. The normalized spacial score (nSPS) is 11.6. The topological polar surface area (TPSA) is 121 Å². The molecule has 0 saturated carbocycles. The molecular weight excluding hydrogens is 405 g/mol. The maximum atomic E-state index is 12.4. The fourth-order valence-electron chi connectivity index (χ4n) is 2.96. The summed E-state index contributed by atoms with van der Waals surface area (Å²) in [5, 5.41) is 11.7. The number of rotatable bonds is 5. The van der Waals surface area contributed by atoms with E-state index in [0.717, 1.165) is 23.3 Å². The molecule has 0 aliphatic rings. The van der Waals surface area contributed by atoms with Crippen molar-refractivity contribution in [2.75, 3.05) is 0 Å². The van der Waals surface area contributed by atoms with Crippen molar-refractivity contribution in [3.8, 4) is 22.6 Å². The van der Waals surface area contributed by atoms with Gasteiger partial charge in [0.1, 0.15) is 18.1 Å². The van der Waals surface area contributed by atoms with Gasteiger partial charge in [0.05, 0.1) is 17.3 Å². The fourth-order valence-corrected chi connectivity index (χ4v) is 2.96. The number of aromatic nitrogens is 5. The zero-order chi connectivity index (χ0) is 21.3. The van der Waals surface area contributed by atoms with E-state index < -0.39 is 12.5 Å². The average molecular weight is 418 g/mol. The van der Waals surface area contributed by atoms with E-state index in [-0.39, 0.29) is 12.4 Å². The molecule has 0 bridgehead atoms. The van der Waals surface area contributed by atoms with E-state index in [1.54, 1.807) is 24.7 Å². The summed E-state index contributed by atoms with van der Waals surface area (Å²) in [5.41, 5.74) is 7.73. The van der Waals surface area contributed by atoms with Crippen LogP contribution in [0.5, 0.6) is 5.75 Å². The highest BCUT2D eigenvalue weighted by molar-refractivity contribution is 5.95. The van der Waals surface area contributed by atoms with Crippen molar-refractivity contribution >= 4 is 17.1 Å². The highest BCUT2D eigenvalue weighted by Crippen LogP contribution is 2.32. The number of nitrogens with two attached hydrogens (primary N) is 1. The number of nitrogens with zero attached hydrogens (tertiary/aromatic N) is 4. The summed E-state index contributed by atoms with van der Waals surface area (Å²) < 4.78 is 47.4. The second kappa shape index (κ2) is 7.39. The van der Waals surface area contributed by atoms with Gasteiger partial charge in [-0.05, 0) is 35.9 Å². The maximum absolute atomic E-state index is 12.4. The second-order valence-electron chi connectivity index (χ2n) is 6.05. The molecule has 3 N–H and O–H groups in total. The van der Waals surface area contributed by atoms with Gasteiger partial charge in [-0.15, -0.1) is 13.2 Å². The molecule has 0 atom stereocenters. The number of amides is 1. The maximum Gasteiger partial charge on any atom is 0.573 e. The Kier molecular flexibility index (Phi) is 4.74. The van der Waals surface area contributed by atoms with E-state index in [1.165, 1.54) is 16.8 Å². The monoisotopic (exact) mass is 418 g/mol. The lowest BCUT2D eigenvalue weighted by molar-refractivity contribution is -0.274. The fraction of sp³-hybridized carbons (Fsp3) is 0.111. The summed E-state index contributed by atoms with van der Waals surface area (Å²) >= 11 is 0. The minimum Gasteiger partial charge on any atom is -0.443 e. The van der Waals surface area contributed by atoms with Gasteiger partial charge in [0.15, 0.2) is 5.65 Å². The molecule has 0 spiro atoms. The predicted octanol–water partition coefficient (Wildman–Crippen LogP) is 3.30. The first kappa shape index (κ1) is 19.2. The van der Waals surface area contributed by atoms with Gasteiger partial charge >= 0.3 is 12.5 Å². The molecule has 0 unspecified atom stereocenters. The number of benzene rings is 1. The third kappa shape index (κ3) is 3.87. The molecule has 4 aromatic rings. The summed E-state index contributed by atoms with van der Waals surface area (Å²) in [7, 11) is 0. The number of fused-ring (bicyclic) bond motifs is 1. The molecule has 4 rings (SSSR count). The van der Waals surface area contributed by atoms with E-state index in [1.807, 2.05) is 0 Å². The molecule has 0 radical (unpaired) electrons. The summed E-state index contributed by atoms with van der Waals surface area (Å²) in [6.45, 7) is -0.218. The number of nitrogens with one attached hydrogen (secondary N) is 1. The van der Waals surface area contributed by atoms with Crippen LogP contribution < -0.4 is 10.5 Å². The number of carbonyl (C=O) groups is 1. The highest BCUT2D eigenvalue weighted by Gasteiger charge is 2.31. The van der Waals surface area contributed by atoms with Crippen LogP contribution in [0.15, 0.2) is 48.9 Å². The number of ether oxygens (including phenoxy) is 2. The number of pyridine rings is 1. The number of hydrogen-bond donors (Lipinski definition) is 2. The number of H-pyrrole nitrogens is 1. The molecule has 0 aliphatic heterocycles. The lowest BCUT2D eigenvalue weighted by Gasteiger charge is -2.09. The van der Waals surface area contributed by atoms with Gasteiger partial charge in [-0.2, -0.15) is 10.2 Å². The molecule has 1 amide bonds. The molecule has 0 fully saturated rings. The predicted molar refractivity (Wildman–Crippen MR) is 97.5 cm³/mol. The summed E-state index contributed by atoms with van der Waals surface area (Å²) in [5.74, 6) is -0.368. The van der Waals surface area contributed by atoms with E-state index in [9.17, 15) is 18.0 Å². The SMILES string of the molecule is NC(=O)OCc1nn(-c2ccc(OC(F)(F)F)cc2)c2nccc(-c3cn[nH]c3)c12. The van der Waals surface area contributed by atoms with Crippen LogP contribution in [0.2, 0.25) is 0 Å². The van der Waals surface area contributed by atoms with Crippen molar-refractivity contribution < 1.29 is 27.4 Å². The van der Waals surface area contributed by atoms with Crippen LogP contribution >= 0.6 is 0 Å². The average Bonchev–Trinajstić information content (AvgIpc) is 3.34. The van der Waals surface area contributed by atoms with Crippen molar-refractivity contribution in [2.24, 2.45) is 5.73 Å². The van der Waals surface area contributed by atoms with Crippen molar-refractivity contribution in [3.63, 3.8) is 0 Å². The number of hydrogen-bond acceptors (Lipinski definition) is 6. The van der Waals surface area contributed by atoms with Crippen molar-refractivity contribution in [1.82, 2.24) is 25.0 Å². The van der Waals surface area contributed by atoms with E-state index >= 15 is 0 Å². The van der Waals surface area contributed by atoms with Crippen LogP contribution in [0, 0.1) is 0 Å². The van der Waals surface area contributed by atoms with E-state index in [4.69, 9.17) is 10.5 Å². The molecular formula is C18H13F3N6O3. The van der Waals surface area contributed by atoms with Gasteiger partial charge in [0.25, 0.3) is 0 Å². The lowest BCUT2D eigenvalue weighted by atomic mass is 10.1. The Labute approximate surface area is 166 Å². The van der Waals surface area contributed by atoms with Crippen LogP contribution in [-0.2, 0) is 11.3 Å². The van der Waals surface area contributed by atoms with Crippen LogP contribution in [0.1, 0.15) is 5.69 Å². The minimum atomic E-state index is -4.79. The zero-order valence-corrected chi connectivity index (χ0v) is 15.1. The number of carbonyl (C=O) groups excluding carboxylic acids is 1. The molecule has 3 heterocycles. The van der Waals surface area contributed by atoms with Gasteiger partial charge < -0.3 is 15.2 Å². The van der Waals surface area contributed by atoms with Gasteiger partial charge in [-0.25, -0.2) is 14.5 Å². The molecule has 30 heavy (non-hydrogen) atoms. The lowest BCUT2D eigenvalue weighted by Crippen LogP contribution is -2.17. The van der Waals surface area contributed by atoms with Gasteiger partial charge in [0, 0.05) is 18.0 Å². The van der Waals surface area contributed by atoms with Crippen LogP contribution in [0.3, 0.4) is 0 Å². The molecule has 154 valence electrons. The third-order valence-corrected chi connectivity index (χ3v) is 4.12. The molecule has 0 saturated heterocycles. The van der Waals surface area contributed by atoms with Crippen molar-refractivity contribution in [3.05, 3.63) is 54.6 Å². The zero-order valence-electron chi connectivity index (χ0n) is 15.1. The summed E-state index contributed by atoms with van der Waals surface area (Å²) in [4.78, 5) is 15.4. The van der Waals surface area contributed by atoms with Crippen LogP contribution in [0.4, 0.5) is 18.0 Å². The highest BCUT2D eigenvalue weighted by atomic mass is 19.4. The van der Waals surface area contributed by atoms with Crippen LogP contribution in [0.25, 0.3) is 27.8 Å². The first-order valence-corrected chi connectivity index (χ1v) is 8.46. The van der Waals surface area contributed by atoms with Gasteiger partial charge in [-0.3, -0.25) is 5.10 Å². The van der Waals surface area contributed by atoms with Gasteiger partial charge in [-0.1, -0.05) is 0 Å². The number of alkyl halides is 3. The Morgan fingerprint density at radius 1 is 1.20 bits per heavy atom. The van der Waals surface area contributed by atoms with Gasteiger partial charge in [0.2, 0.25) is 0 Å². The van der Waals surface area contributed by atoms with Crippen LogP contribution in [-0.4, -0.2) is 37.4 Å². The Balaban J connectivity index is 1.82. The Bertz CT molecular complexity index is 1190. The Morgan fingerprint density at radius 2 is 1.97 bits per heavy atom. The minimum absolute atomic E-state index is 0.218. The largest absolute Gasteiger partial charge is 0.573 e. The van der Waals surface area contributed by atoms with Crippen molar-refractivity contribution in [1.29, 1.82) is 0 Å². The standard InChI is InChI=1S/C18H13F3N6O3/c19-18(20,21)30-12-3-1-11(2-4-12)27-16-15(14(26-27)9-29-17(22)28)13(5-6-23-16)10-7-24-25-8-10/h1-8H,9H2,(H2,22,28)(H,24,25). The molecule has 9 nitrogen and oxygen atoms in total.